The monoisotopic (exact) mass is 168 g/mol. The van der Waals surface area contributed by atoms with E-state index in [2.05, 4.69) is 33.8 Å². The van der Waals surface area contributed by atoms with Crippen LogP contribution in [0.25, 0.3) is 0 Å². The van der Waals surface area contributed by atoms with Gasteiger partial charge in [-0.2, -0.15) is 0 Å². The molecule has 0 aromatic rings. The van der Waals surface area contributed by atoms with Crippen LogP contribution in [0.3, 0.4) is 0 Å². The van der Waals surface area contributed by atoms with Crippen LogP contribution in [-0.2, 0) is 4.79 Å². The Balaban J connectivity index is 4.04. The fourth-order valence-corrected chi connectivity index (χ4v) is 1.23. The largest absolute Gasteiger partial charge is 0.300 e. The van der Waals surface area contributed by atoms with E-state index < -0.39 is 0 Å². The lowest BCUT2D eigenvalue weighted by atomic mass is 9.84. The lowest BCUT2D eigenvalue weighted by Gasteiger charge is -2.21. The van der Waals surface area contributed by atoms with E-state index in [1.54, 1.807) is 6.92 Å². The van der Waals surface area contributed by atoms with Crippen LogP contribution >= 0.6 is 0 Å². The Morgan fingerprint density at radius 1 is 1.25 bits per heavy atom. The summed E-state index contributed by atoms with van der Waals surface area (Å²) >= 11 is 0. The van der Waals surface area contributed by atoms with Crippen LogP contribution < -0.4 is 0 Å². The van der Waals surface area contributed by atoms with Crippen molar-refractivity contribution in [1.29, 1.82) is 0 Å². The SMILES string of the molecule is CC(=O)CC(C)(C)CC=C(C)C. The summed E-state index contributed by atoms with van der Waals surface area (Å²) in [6.07, 6.45) is 3.87. The molecule has 1 nitrogen and oxygen atoms in total. The van der Waals surface area contributed by atoms with Crippen molar-refractivity contribution in [2.24, 2.45) is 5.41 Å². The molecule has 0 spiro atoms. The van der Waals surface area contributed by atoms with Crippen LogP contribution in [0.5, 0.6) is 0 Å². The van der Waals surface area contributed by atoms with Crippen LogP contribution in [0, 0.1) is 5.41 Å². The fraction of sp³-hybridized carbons (Fsp3) is 0.727. The predicted octanol–water partition coefficient (Wildman–Crippen LogP) is 3.35. The summed E-state index contributed by atoms with van der Waals surface area (Å²) in [4.78, 5) is 10.9. The Kier molecular flexibility index (Phi) is 4.22. The first-order chi connectivity index (χ1) is 5.33. The maximum Gasteiger partial charge on any atom is 0.130 e. The van der Waals surface area contributed by atoms with Crippen molar-refractivity contribution < 1.29 is 4.79 Å². The first-order valence-corrected chi connectivity index (χ1v) is 4.46. The lowest BCUT2D eigenvalue weighted by Crippen LogP contribution is -2.14. The molecule has 12 heavy (non-hydrogen) atoms. The van der Waals surface area contributed by atoms with Gasteiger partial charge in [0.15, 0.2) is 0 Å². The van der Waals surface area contributed by atoms with Crippen molar-refractivity contribution in [3.05, 3.63) is 11.6 Å². The van der Waals surface area contributed by atoms with Crippen LogP contribution in [0.1, 0.15) is 47.5 Å². The second kappa shape index (κ2) is 4.44. The van der Waals surface area contributed by atoms with Gasteiger partial charge < -0.3 is 4.79 Å². The number of carbonyl (C=O) groups excluding carboxylic acids is 1. The third kappa shape index (κ3) is 6.14. The molecule has 0 atom stereocenters. The van der Waals surface area contributed by atoms with E-state index in [0.717, 1.165) is 6.42 Å². The zero-order valence-corrected chi connectivity index (χ0v) is 8.90. The number of hydrogen-bond acceptors (Lipinski definition) is 1. The number of carbonyl (C=O) groups is 1. The topological polar surface area (TPSA) is 17.1 Å². The van der Waals surface area contributed by atoms with Crippen LogP contribution in [0.2, 0.25) is 0 Å². The molecule has 0 amide bonds. The summed E-state index contributed by atoms with van der Waals surface area (Å²) in [5, 5.41) is 0. The first kappa shape index (κ1) is 11.4. The van der Waals surface area contributed by atoms with E-state index in [0.29, 0.717) is 6.42 Å². The molecule has 70 valence electrons. The van der Waals surface area contributed by atoms with Crippen LogP contribution in [-0.4, -0.2) is 5.78 Å². The highest BCUT2D eigenvalue weighted by Crippen LogP contribution is 2.26. The van der Waals surface area contributed by atoms with Crippen molar-refractivity contribution in [1.82, 2.24) is 0 Å². The summed E-state index contributed by atoms with van der Waals surface area (Å²) in [7, 11) is 0. The minimum Gasteiger partial charge on any atom is -0.300 e. The standard InChI is InChI=1S/C11H20O/c1-9(2)6-7-11(4,5)8-10(3)12/h6H,7-8H2,1-5H3. The number of hydrogen-bond donors (Lipinski definition) is 0. The normalized spacial score (nSPS) is 11.1. The minimum atomic E-state index is 0.128. The van der Waals surface area contributed by atoms with Gasteiger partial charge in [-0.1, -0.05) is 25.5 Å². The van der Waals surface area contributed by atoms with Gasteiger partial charge in [0.1, 0.15) is 5.78 Å². The third-order valence-corrected chi connectivity index (χ3v) is 1.79. The van der Waals surface area contributed by atoms with E-state index in [1.165, 1.54) is 5.57 Å². The molecule has 0 aromatic heterocycles. The van der Waals surface area contributed by atoms with Crippen molar-refractivity contribution in [2.45, 2.75) is 47.5 Å². The van der Waals surface area contributed by atoms with E-state index in [9.17, 15) is 4.79 Å². The Bertz CT molecular complexity index is 183. The highest BCUT2D eigenvalue weighted by Gasteiger charge is 2.17. The molecule has 1 heteroatoms. The Morgan fingerprint density at radius 2 is 1.75 bits per heavy atom. The summed E-state index contributed by atoms with van der Waals surface area (Å²) < 4.78 is 0. The maximum absolute atomic E-state index is 10.9. The van der Waals surface area contributed by atoms with Gasteiger partial charge in [0.05, 0.1) is 0 Å². The molecule has 0 rings (SSSR count). The Hall–Kier alpha value is -0.590. The maximum atomic E-state index is 10.9. The number of rotatable bonds is 4. The van der Waals surface area contributed by atoms with E-state index in [1.807, 2.05) is 0 Å². The van der Waals surface area contributed by atoms with E-state index in [-0.39, 0.29) is 11.2 Å². The van der Waals surface area contributed by atoms with Crippen molar-refractivity contribution in [3.8, 4) is 0 Å². The molecule has 0 heterocycles. The van der Waals surface area contributed by atoms with Gasteiger partial charge >= 0.3 is 0 Å². The molecule has 0 saturated carbocycles. The zero-order chi connectivity index (χ0) is 9.78. The van der Waals surface area contributed by atoms with Crippen LogP contribution in [0.15, 0.2) is 11.6 Å². The molecule has 0 saturated heterocycles. The molecular weight excluding hydrogens is 148 g/mol. The molecular formula is C11H20O. The van der Waals surface area contributed by atoms with Crippen molar-refractivity contribution >= 4 is 5.78 Å². The number of allylic oxidation sites excluding steroid dienone is 2. The Labute approximate surface area is 75.9 Å². The van der Waals surface area contributed by atoms with Gasteiger partial charge in [0, 0.05) is 6.42 Å². The van der Waals surface area contributed by atoms with Crippen molar-refractivity contribution in [3.63, 3.8) is 0 Å². The summed E-state index contributed by atoms with van der Waals surface area (Å²) in [6, 6.07) is 0. The van der Waals surface area contributed by atoms with Gasteiger partial charge in [-0.15, -0.1) is 0 Å². The highest BCUT2D eigenvalue weighted by molar-refractivity contribution is 5.76. The van der Waals surface area contributed by atoms with Gasteiger partial charge in [-0.05, 0) is 32.6 Å². The van der Waals surface area contributed by atoms with Gasteiger partial charge in [-0.25, -0.2) is 0 Å². The average molecular weight is 168 g/mol. The van der Waals surface area contributed by atoms with Crippen LogP contribution in [0.4, 0.5) is 0 Å². The second-order valence-electron chi connectivity index (χ2n) is 4.53. The smallest absolute Gasteiger partial charge is 0.130 e. The first-order valence-electron chi connectivity index (χ1n) is 4.46. The van der Waals surface area contributed by atoms with Crippen molar-refractivity contribution in [2.75, 3.05) is 0 Å². The lowest BCUT2D eigenvalue weighted by molar-refractivity contribution is -0.118. The van der Waals surface area contributed by atoms with Gasteiger partial charge in [-0.3, -0.25) is 0 Å². The quantitative estimate of drug-likeness (QED) is 0.588. The molecule has 0 aliphatic rings. The predicted molar refractivity (Wildman–Crippen MR) is 53.1 cm³/mol. The summed E-state index contributed by atoms with van der Waals surface area (Å²) in [5.41, 5.74) is 1.45. The molecule has 0 aliphatic heterocycles. The third-order valence-electron chi connectivity index (χ3n) is 1.79. The molecule has 0 unspecified atom stereocenters. The zero-order valence-electron chi connectivity index (χ0n) is 8.90. The average Bonchev–Trinajstić information content (AvgIpc) is 1.81. The fourth-order valence-electron chi connectivity index (χ4n) is 1.23. The van der Waals surface area contributed by atoms with Gasteiger partial charge in [0.25, 0.3) is 0 Å². The van der Waals surface area contributed by atoms with Gasteiger partial charge in [0.2, 0.25) is 0 Å². The van der Waals surface area contributed by atoms with E-state index in [4.69, 9.17) is 0 Å². The molecule has 0 N–H and O–H groups in total. The second-order valence-corrected chi connectivity index (χ2v) is 4.53. The Morgan fingerprint density at radius 3 is 2.08 bits per heavy atom. The van der Waals surface area contributed by atoms with E-state index >= 15 is 0 Å². The molecule has 0 fully saturated rings. The molecule has 0 aromatic carbocycles. The summed E-state index contributed by atoms with van der Waals surface area (Å²) in [6.45, 7) is 10.1. The molecule has 0 aliphatic carbocycles. The molecule has 0 bridgehead atoms. The highest BCUT2D eigenvalue weighted by atomic mass is 16.1. The molecule has 0 radical (unpaired) electrons. The number of Topliss-reactive ketones (excluding diaryl/α,β-unsaturated/α-hetero) is 1. The minimum absolute atomic E-state index is 0.128. The number of ketones is 1. The summed E-state index contributed by atoms with van der Waals surface area (Å²) in [5.74, 6) is 0.280.